The summed E-state index contributed by atoms with van der Waals surface area (Å²) in [6, 6.07) is 12.4. The smallest absolute Gasteiger partial charge is 0.272 e. The van der Waals surface area contributed by atoms with E-state index in [1.54, 1.807) is 25.3 Å². The number of carbonyl (C=O) groups is 1. The van der Waals surface area contributed by atoms with Gasteiger partial charge in [0.05, 0.1) is 20.3 Å². The van der Waals surface area contributed by atoms with E-state index in [2.05, 4.69) is 10.3 Å². The highest BCUT2D eigenvalue weighted by molar-refractivity contribution is 8.14. The number of ether oxygens (including phenoxy) is 3. The number of methoxy groups -OCH3 is 2. The average molecular weight is 448 g/mol. The summed E-state index contributed by atoms with van der Waals surface area (Å²) < 4.78 is 40.0. The summed E-state index contributed by atoms with van der Waals surface area (Å²) in [7, 11) is 3.03. The van der Waals surface area contributed by atoms with Crippen molar-refractivity contribution in [3.05, 3.63) is 59.7 Å². The Balaban J connectivity index is 1.58. The van der Waals surface area contributed by atoms with E-state index in [0.29, 0.717) is 16.5 Å². The number of aliphatic imine (C=N–C) groups is 1. The third kappa shape index (κ3) is 6.45. The van der Waals surface area contributed by atoms with Crippen LogP contribution in [0.4, 0.5) is 8.78 Å². The Bertz CT molecular complexity index is 964. The number of rotatable bonds is 8. The molecule has 1 amide bonds. The first-order chi connectivity index (χ1) is 15.0. The minimum atomic E-state index is -2.58. The van der Waals surface area contributed by atoms with Crippen molar-refractivity contribution in [2.45, 2.75) is 12.5 Å². The second kappa shape index (κ2) is 10.8. The number of halogens is 2. The van der Waals surface area contributed by atoms with Crippen LogP contribution < -0.4 is 19.5 Å². The number of hydrogen-bond acceptors (Lipinski definition) is 6. The van der Waals surface area contributed by atoms with Gasteiger partial charge in [-0.05, 0) is 41.5 Å². The lowest BCUT2D eigenvalue weighted by molar-refractivity contribution is -0.115. The van der Waals surface area contributed by atoms with Gasteiger partial charge in [-0.1, -0.05) is 30.0 Å². The molecule has 2 aromatic carbocycles. The summed E-state index contributed by atoms with van der Waals surface area (Å²) in [6.45, 7) is -0.717. The van der Waals surface area contributed by atoms with E-state index < -0.39 is 13.0 Å². The molecule has 0 saturated heterocycles. The number of benzene rings is 2. The predicted octanol–water partition coefficient (Wildman–Crippen LogP) is 4.32. The SMILES string of the molecule is COc1ccc(C2CSC(NC(=O)/C=C/c3ccc(OCC(F)F)c(OC)c3)=N2)cc1. The van der Waals surface area contributed by atoms with Gasteiger partial charge in [-0.3, -0.25) is 9.79 Å². The lowest BCUT2D eigenvalue weighted by Crippen LogP contribution is -2.25. The number of nitrogens with zero attached hydrogens (tertiary/aromatic N) is 1. The zero-order valence-electron chi connectivity index (χ0n) is 17.0. The largest absolute Gasteiger partial charge is 0.497 e. The highest BCUT2D eigenvalue weighted by atomic mass is 32.2. The molecule has 1 heterocycles. The minimum Gasteiger partial charge on any atom is -0.497 e. The quantitative estimate of drug-likeness (QED) is 0.609. The van der Waals surface area contributed by atoms with Crippen molar-refractivity contribution < 1.29 is 27.8 Å². The van der Waals surface area contributed by atoms with Crippen LogP contribution in [0.25, 0.3) is 6.08 Å². The molecule has 9 heteroatoms. The first kappa shape index (κ1) is 22.6. The van der Waals surface area contributed by atoms with Gasteiger partial charge in [-0.2, -0.15) is 0 Å². The average Bonchev–Trinajstić information content (AvgIpc) is 3.24. The fourth-order valence-electron chi connectivity index (χ4n) is 2.82. The van der Waals surface area contributed by atoms with E-state index in [4.69, 9.17) is 14.2 Å². The van der Waals surface area contributed by atoms with E-state index in [9.17, 15) is 13.6 Å². The van der Waals surface area contributed by atoms with Crippen LogP contribution in [0.3, 0.4) is 0 Å². The van der Waals surface area contributed by atoms with Crippen LogP contribution in [-0.2, 0) is 4.79 Å². The molecule has 1 unspecified atom stereocenters. The number of hydrogen-bond donors (Lipinski definition) is 1. The molecule has 0 saturated carbocycles. The fourth-order valence-corrected chi connectivity index (χ4v) is 3.78. The maximum Gasteiger partial charge on any atom is 0.272 e. The van der Waals surface area contributed by atoms with Crippen molar-refractivity contribution in [2.75, 3.05) is 26.6 Å². The van der Waals surface area contributed by atoms with Gasteiger partial charge in [0, 0.05) is 11.8 Å². The molecule has 1 N–H and O–H groups in total. The van der Waals surface area contributed by atoms with E-state index in [1.165, 1.54) is 31.0 Å². The second-order valence-corrected chi connectivity index (χ2v) is 7.48. The van der Waals surface area contributed by atoms with Crippen LogP contribution in [0, 0.1) is 0 Å². The lowest BCUT2D eigenvalue weighted by atomic mass is 10.1. The maximum atomic E-state index is 12.3. The third-order valence-electron chi connectivity index (χ3n) is 4.36. The van der Waals surface area contributed by atoms with Gasteiger partial charge >= 0.3 is 0 Å². The van der Waals surface area contributed by atoms with E-state index in [-0.39, 0.29) is 17.7 Å². The Morgan fingerprint density at radius 1 is 1.19 bits per heavy atom. The molecule has 2 aromatic rings. The van der Waals surface area contributed by atoms with Gasteiger partial charge in [-0.25, -0.2) is 8.78 Å². The van der Waals surface area contributed by atoms with Gasteiger partial charge in [0.15, 0.2) is 16.7 Å². The number of alkyl halides is 2. The summed E-state index contributed by atoms with van der Waals surface area (Å²) >= 11 is 1.48. The minimum absolute atomic E-state index is 0.0276. The summed E-state index contributed by atoms with van der Waals surface area (Å²) in [5.41, 5.74) is 1.71. The summed E-state index contributed by atoms with van der Waals surface area (Å²) in [5, 5.41) is 3.33. The van der Waals surface area contributed by atoms with E-state index in [1.807, 2.05) is 24.3 Å². The summed E-state index contributed by atoms with van der Waals surface area (Å²) in [6.07, 6.45) is 0.391. The monoisotopic (exact) mass is 448 g/mol. The molecule has 6 nitrogen and oxygen atoms in total. The summed E-state index contributed by atoms with van der Waals surface area (Å²) in [4.78, 5) is 16.8. The molecule has 0 radical (unpaired) electrons. The molecule has 0 bridgehead atoms. The van der Waals surface area contributed by atoms with Crippen LogP contribution in [0.2, 0.25) is 0 Å². The Morgan fingerprint density at radius 3 is 2.65 bits per heavy atom. The Labute approximate surface area is 183 Å². The Morgan fingerprint density at radius 2 is 1.97 bits per heavy atom. The van der Waals surface area contributed by atoms with Crippen LogP contribution in [0.5, 0.6) is 17.2 Å². The van der Waals surface area contributed by atoms with Gasteiger partial charge in [0.25, 0.3) is 6.43 Å². The van der Waals surface area contributed by atoms with E-state index >= 15 is 0 Å². The number of amides is 1. The number of amidine groups is 1. The molecule has 3 rings (SSSR count). The van der Waals surface area contributed by atoms with Gasteiger partial charge in [0.1, 0.15) is 12.4 Å². The molecule has 0 aliphatic carbocycles. The molecule has 1 atom stereocenters. The zero-order valence-corrected chi connectivity index (χ0v) is 17.8. The standard InChI is InChI=1S/C22H22F2N2O4S/c1-28-16-7-5-15(6-8-16)17-13-31-22(25-17)26-21(27)10-4-14-3-9-18(19(11-14)29-2)30-12-20(23)24/h3-11,17,20H,12-13H2,1-2H3,(H,25,26,27)/b10-4+. The fraction of sp³-hybridized carbons (Fsp3) is 0.273. The van der Waals surface area contributed by atoms with Gasteiger partial charge < -0.3 is 19.5 Å². The van der Waals surface area contributed by atoms with Crippen LogP contribution in [0.1, 0.15) is 17.2 Å². The molecular weight excluding hydrogens is 426 g/mol. The third-order valence-corrected chi connectivity index (χ3v) is 5.32. The summed E-state index contributed by atoms with van der Waals surface area (Å²) in [5.74, 6) is 1.72. The Kier molecular flexibility index (Phi) is 7.88. The van der Waals surface area contributed by atoms with Crippen molar-refractivity contribution in [1.29, 1.82) is 0 Å². The first-order valence-electron chi connectivity index (χ1n) is 9.41. The van der Waals surface area contributed by atoms with Crippen LogP contribution >= 0.6 is 11.8 Å². The second-order valence-electron chi connectivity index (χ2n) is 6.47. The maximum absolute atomic E-state index is 12.3. The molecule has 0 spiro atoms. The van der Waals surface area contributed by atoms with Crippen LogP contribution in [0.15, 0.2) is 53.5 Å². The zero-order chi connectivity index (χ0) is 22.2. The number of carbonyl (C=O) groups excluding carboxylic acids is 1. The predicted molar refractivity (Wildman–Crippen MR) is 117 cm³/mol. The lowest BCUT2D eigenvalue weighted by Gasteiger charge is -2.10. The van der Waals surface area contributed by atoms with Crippen molar-refractivity contribution >= 4 is 28.9 Å². The van der Waals surface area contributed by atoms with Gasteiger partial charge in [-0.15, -0.1) is 0 Å². The van der Waals surface area contributed by atoms with E-state index in [0.717, 1.165) is 17.1 Å². The molecule has 164 valence electrons. The molecule has 1 aliphatic heterocycles. The van der Waals surface area contributed by atoms with Crippen molar-refractivity contribution in [2.24, 2.45) is 4.99 Å². The molecule has 31 heavy (non-hydrogen) atoms. The van der Waals surface area contributed by atoms with Gasteiger partial charge in [0.2, 0.25) is 5.91 Å². The number of thioether (sulfide) groups is 1. The molecule has 0 aromatic heterocycles. The normalized spacial score (nSPS) is 15.8. The van der Waals surface area contributed by atoms with Crippen LogP contribution in [-0.4, -0.2) is 44.1 Å². The highest BCUT2D eigenvalue weighted by Gasteiger charge is 2.21. The topological polar surface area (TPSA) is 69.2 Å². The van der Waals surface area contributed by atoms with Crippen molar-refractivity contribution in [3.8, 4) is 17.2 Å². The Hall–Kier alpha value is -3.07. The number of nitrogens with one attached hydrogen (secondary N) is 1. The molecule has 1 aliphatic rings. The molecule has 0 fully saturated rings. The highest BCUT2D eigenvalue weighted by Crippen LogP contribution is 2.31. The molecular formula is C22H22F2N2O4S. The first-order valence-corrected chi connectivity index (χ1v) is 10.4. The van der Waals surface area contributed by atoms with Crippen molar-refractivity contribution in [3.63, 3.8) is 0 Å². The van der Waals surface area contributed by atoms with Crippen molar-refractivity contribution in [1.82, 2.24) is 5.32 Å².